The van der Waals surface area contributed by atoms with E-state index in [0.717, 1.165) is 13.2 Å². The summed E-state index contributed by atoms with van der Waals surface area (Å²) in [6.45, 7) is 10.1. The molecule has 1 aliphatic rings. The van der Waals surface area contributed by atoms with E-state index in [4.69, 9.17) is 4.74 Å². The van der Waals surface area contributed by atoms with Crippen LogP contribution >= 0.6 is 0 Å². The quantitative estimate of drug-likeness (QED) is 0.652. The number of unbranched alkanes of at least 4 members (excludes halogenated alkanes) is 1. The predicted molar refractivity (Wildman–Crippen MR) is 82.7 cm³/mol. The van der Waals surface area contributed by atoms with Gasteiger partial charge in [0, 0.05) is 18.7 Å². The van der Waals surface area contributed by atoms with Gasteiger partial charge in [-0.1, -0.05) is 13.3 Å². The van der Waals surface area contributed by atoms with Crippen molar-refractivity contribution in [2.75, 3.05) is 26.7 Å². The standard InChI is InChI=1S/C16H34N2O/c1-5-8-16-13-15(9-12-19-16)17-10-6-7-11-18(4)14(2)3/h14-17H,5-13H2,1-4H3. The Kier molecular flexibility index (Phi) is 8.67. The number of hydrogen-bond acceptors (Lipinski definition) is 3. The summed E-state index contributed by atoms with van der Waals surface area (Å²) < 4.78 is 5.79. The van der Waals surface area contributed by atoms with Gasteiger partial charge in [-0.25, -0.2) is 0 Å². The van der Waals surface area contributed by atoms with Crippen LogP contribution in [-0.4, -0.2) is 49.8 Å². The van der Waals surface area contributed by atoms with Gasteiger partial charge in [0.05, 0.1) is 6.10 Å². The molecule has 2 atom stereocenters. The largest absolute Gasteiger partial charge is 0.378 e. The summed E-state index contributed by atoms with van der Waals surface area (Å²) in [6.07, 6.45) is 7.93. The first-order valence-electron chi connectivity index (χ1n) is 8.18. The third kappa shape index (κ3) is 7.28. The van der Waals surface area contributed by atoms with E-state index < -0.39 is 0 Å². The molecule has 1 aliphatic heterocycles. The van der Waals surface area contributed by atoms with Crippen molar-refractivity contribution in [2.45, 2.75) is 77.5 Å². The molecule has 1 rings (SSSR count). The second-order valence-corrected chi connectivity index (χ2v) is 6.24. The van der Waals surface area contributed by atoms with Gasteiger partial charge in [-0.05, 0) is 66.1 Å². The van der Waals surface area contributed by atoms with E-state index in [9.17, 15) is 0 Å². The first kappa shape index (κ1) is 16.9. The van der Waals surface area contributed by atoms with E-state index in [0.29, 0.717) is 18.2 Å². The maximum Gasteiger partial charge on any atom is 0.0589 e. The maximum atomic E-state index is 5.79. The molecule has 0 aromatic rings. The van der Waals surface area contributed by atoms with Crippen LogP contribution in [0.3, 0.4) is 0 Å². The molecule has 0 aliphatic carbocycles. The van der Waals surface area contributed by atoms with E-state index in [1.165, 1.54) is 45.1 Å². The molecule has 1 heterocycles. The number of rotatable bonds is 9. The molecule has 0 aromatic carbocycles. The molecule has 114 valence electrons. The van der Waals surface area contributed by atoms with Crippen LogP contribution in [0.2, 0.25) is 0 Å². The number of hydrogen-bond donors (Lipinski definition) is 1. The van der Waals surface area contributed by atoms with Gasteiger partial charge in [-0.2, -0.15) is 0 Å². The molecule has 2 unspecified atom stereocenters. The Bertz CT molecular complexity index is 219. The van der Waals surface area contributed by atoms with Gasteiger partial charge < -0.3 is 15.0 Å². The van der Waals surface area contributed by atoms with Crippen molar-refractivity contribution >= 4 is 0 Å². The second-order valence-electron chi connectivity index (χ2n) is 6.24. The maximum absolute atomic E-state index is 5.79. The Morgan fingerprint density at radius 1 is 1.32 bits per heavy atom. The van der Waals surface area contributed by atoms with Crippen LogP contribution < -0.4 is 5.32 Å². The van der Waals surface area contributed by atoms with Gasteiger partial charge in [-0.15, -0.1) is 0 Å². The second kappa shape index (κ2) is 9.73. The van der Waals surface area contributed by atoms with Crippen LogP contribution in [0.1, 0.15) is 59.3 Å². The lowest BCUT2D eigenvalue weighted by Crippen LogP contribution is -2.39. The average Bonchev–Trinajstić information content (AvgIpc) is 2.39. The summed E-state index contributed by atoms with van der Waals surface area (Å²) in [5.41, 5.74) is 0. The molecule has 1 saturated heterocycles. The van der Waals surface area contributed by atoms with Gasteiger partial charge in [0.25, 0.3) is 0 Å². The van der Waals surface area contributed by atoms with E-state index in [1.54, 1.807) is 0 Å². The third-order valence-corrected chi connectivity index (χ3v) is 4.23. The Balaban J connectivity index is 2.02. The van der Waals surface area contributed by atoms with Gasteiger partial charge >= 0.3 is 0 Å². The van der Waals surface area contributed by atoms with Crippen LogP contribution in [0.5, 0.6) is 0 Å². The lowest BCUT2D eigenvalue weighted by Gasteiger charge is -2.30. The lowest BCUT2D eigenvalue weighted by atomic mass is 10.00. The van der Waals surface area contributed by atoms with E-state index in [2.05, 4.69) is 38.0 Å². The van der Waals surface area contributed by atoms with Crippen molar-refractivity contribution in [3.8, 4) is 0 Å². The zero-order valence-corrected chi connectivity index (χ0v) is 13.5. The number of nitrogens with zero attached hydrogens (tertiary/aromatic N) is 1. The summed E-state index contributed by atoms with van der Waals surface area (Å²) in [5.74, 6) is 0. The number of ether oxygens (including phenoxy) is 1. The summed E-state index contributed by atoms with van der Waals surface area (Å²) in [4.78, 5) is 2.42. The van der Waals surface area contributed by atoms with Crippen molar-refractivity contribution in [3.05, 3.63) is 0 Å². The average molecular weight is 270 g/mol. The smallest absolute Gasteiger partial charge is 0.0589 e. The zero-order valence-electron chi connectivity index (χ0n) is 13.5. The minimum Gasteiger partial charge on any atom is -0.378 e. The molecule has 0 bridgehead atoms. The van der Waals surface area contributed by atoms with Gasteiger partial charge in [-0.3, -0.25) is 0 Å². The fourth-order valence-electron chi connectivity index (χ4n) is 2.64. The Labute approximate surface area is 120 Å². The number of nitrogens with one attached hydrogen (secondary N) is 1. The summed E-state index contributed by atoms with van der Waals surface area (Å²) in [6, 6.07) is 1.35. The predicted octanol–water partition coefficient (Wildman–Crippen LogP) is 3.04. The first-order chi connectivity index (χ1) is 9.13. The minimum absolute atomic E-state index is 0.503. The molecule has 0 aromatic heterocycles. The van der Waals surface area contributed by atoms with Gasteiger partial charge in [0.15, 0.2) is 0 Å². The highest BCUT2D eigenvalue weighted by atomic mass is 16.5. The highest BCUT2D eigenvalue weighted by Gasteiger charge is 2.21. The summed E-state index contributed by atoms with van der Waals surface area (Å²) >= 11 is 0. The van der Waals surface area contributed by atoms with Gasteiger partial charge in [0.1, 0.15) is 0 Å². The molecule has 1 fully saturated rings. The van der Waals surface area contributed by atoms with Crippen molar-refractivity contribution < 1.29 is 4.74 Å². The van der Waals surface area contributed by atoms with Gasteiger partial charge in [0.2, 0.25) is 0 Å². The summed E-state index contributed by atoms with van der Waals surface area (Å²) in [7, 11) is 2.21. The molecule has 0 saturated carbocycles. The molecule has 0 spiro atoms. The molecule has 0 radical (unpaired) electrons. The van der Waals surface area contributed by atoms with Crippen molar-refractivity contribution in [1.82, 2.24) is 10.2 Å². The monoisotopic (exact) mass is 270 g/mol. The van der Waals surface area contributed by atoms with Crippen LogP contribution in [-0.2, 0) is 4.74 Å². The SMILES string of the molecule is CCCC1CC(NCCCCN(C)C(C)C)CCO1. The highest BCUT2D eigenvalue weighted by Crippen LogP contribution is 2.17. The van der Waals surface area contributed by atoms with Crippen LogP contribution in [0.4, 0.5) is 0 Å². The van der Waals surface area contributed by atoms with E-state index in [1.807, 2.05) is 0 Å². The minimum atomic E-state index is 0.503. The van der Waals surface area contributed by atoms with E-state index >= 15 is 0 Å². The zero-order chi connectivity index (χ0) is 14.1. The molecule has 19 heavy (non-hydrogen) atoms. The summed E-state index contributed by atoms with van der Waals surface area (Å²) in [5, 5.41) is 3.71. The Hall–Kier alpha value is -0.120. The molecule has 3 nitrogen and oxygen atoms in total. The molecule has 0 amide bonds. The molecular formula is C16H34N2O. The molecule has 1 N–H and O–H groups in total. The Morgan fingerprint density at radius 2 is 2.11 bits per heavy atom. The van der Waals surface area contributed by atoms with Crippen molar-refractivity contribution in [3.63, 3.8) is 0 Å². The normalized spacial score (nSPS) is 24.3. The van der Waals surface area contributed by atoms with Crippen LogP contribution in [0.25, 0.3) is 0 Å². The van der Waals surface area contributed by atoms with E-state index in [-0.39, 0.29) is 0 Å². The highest BCUT2D eigenvalue weighted by molar-refractivity contribution is 4.76. The fraction of sp³-hybridized carbons (Fsp3) is 1.00. The molecule has 3 heteroatoms. The lowest BCUT2D eigenvalue weighted by molar-refractivity contribution is -0.00313. The third-order valence-electron chi connectivity index (χ3n) is 4.23. The first-order valence-corrected chi connectivity index (χ1v) is 8.18. The van der Waals surface area contributed by atoms with Crippen molar-refractivity contribution in [1.29, 1.82) is 0 Å². The van der Waals surface area contributed by atoms with Crippen LogP contribution in [0.15, 0.2) is 0 Å². The fourth-order valence-corrected chi connectivity index (χ4v) is 2.64. The molecular weight excluding hydrogens is 236 g/mol. The Morgan fingerprint density at radius 3 is 2.79 bits per heavy atom. The van der Waals surface area contributed by atoms with Crippen LogP contribution in [0, 0.1) is 0 Å². The van der Waals surface area contributed by atoms with Crippen molar-refractivity contribution in [2.24, 2.45) is 0 Å². The topological polar surface area (TPSA) is 24.5 Å².